The van der Waals surface area contributed by atoms with Crippen LogP contribution in [0.15, 0.2) is 0 Å². The topological polar surface area (TPSA) is 186 Å². The second-order valence-corrected chi connectivity index (χ2v) is 1.25. The quantitative estimate of drug-likeness (QED) is 0.195. The van der Waals surface area contributed by atoms with E-state index in [1.165, 1.54) is 0 Å². The molecule has 0 aromatic heterocycles. The van der Waals surface area contributed by atoms with Crippen molar-refractivity contribution in [2.75, 3.05) is 0 Å². The molecule has 17 heavy (non-hydrogen) atoms. The Morgan fingerprint density at radius 1 is 0.471 bits per heavy atom. The predicted molar refractivity (Wildman–Crippen MR) is 14.5 cm³/mol. The fraction of sp³-hybridized carbons (Fsp3) is 0. The van der Waals surface area contributed by atoms with Crippen molar-refractivity contribution in [2.45, 2.75) is 0 Å². The molecule has 0 radical (unpaired) electrons. The van der Waals surface area contributed by atoms with E-state index in [1.807, 2.05) is 0 Å². The zero-order valence-corrected chi connectivity index (χ0v) is 14.2. The van der Waals surface area contributed by atoms with Gasteiger partial charge in [-0.05, 0) is 0 Å². The number of hydrogen-bond donors (Lipinski definition) is 5. The summed E-state index contributed by atoms with van der Waals surface area (Å²) >= 11 is -4.06. The summed E-state index contributed by atoms with van der Waals surface area (Å²) in [5.74, 6) is 0. The van der Waals surface area contributed by atoms with Gasteiger partial charge in [-0.15, -0.1) is 0 Å². The van der Waals surface area contributed by atoms with Gasteiger partial charge in [-0.1, -0.05) is 0 Å². The minimum absolute atomic E-state index is 0. The Labute approximate surface area is 154 Å². The maximum Gasteiger partial charge on any atom is 4.00 e. The first-order chi connectivity index (χ1) is 7.07. The summed E-state index contributed by atoms with van der Waals surface area (Å²) < 4.78 is 77.2. The van der Waals surface area contributed by atoms with E-state index in [0.29, 0.717) is 0 Å². The summed E-state index contributed by atoms with van der Waals surface area (Å²) in [5, 5.41) is 0. The van der Waals surface area contributed by atoms with Crippen LogP contribution in [0.3, 0.4) is 0 Å². The van der Waals surface area contributed by atoms with Crippen molar-refractivity contribution in [3.8, 4) is 0 Å². The first kappa shape index (κ1) is 42.7. The van der Waals surface area contributed by atoms with Gasteiger partial charge in [0.05, 0.1) is 0 Å². The van der Waals surface area contributed by atoms with Gasteiger partial charge in [0.2, 0.25) is 0 Å². The van der Waals surface area contributed by atoms with Gasteiger partial charge in [-0.25, -0.2) is 0 Å². The zero-order chi connectivity index (χ0) is 13.5. The molecule has 5 N–H and O–H groups in total. The molecule has 10 nitrogen and oxygen atoms in total. The van der Waals surface area contributed by atoms with Crippen LogP contribution >= 0.6 is 0 Å². The molecule has 0 bridgehead atoms. The van der Waals surface area contributed by atoms with E-state index < -0.39 is 74.8 Å². The van der Waals surface area contributed by atoms with Crippen molar-refractivity contribution in [1.29, 1.82) is 0 Å². The maximum atomic E-state index is 8.45. The third kappa shape index (κ3) is 739. The van der Waals surface area contributed by atoms with Gasteiger partial charge in [0.1, 0.15) is 0 Å². The molecule has 0 rings (SSSR count). The molecule has 0 spiro atoms. The summed E-state index contributed by atoms with van der Waals surface area (Å²) in [4.78, 5) is 0. The molecular formula is H5Co5LiO10Ti. The number of hydrogen-bond acceptors (Lipinski definition) is 5. The van der Waals surface area contributed by atoms with E-state index in [9.17, 15) is 0 Å². The summed E-state index contributed by atoms with van der Waals surface area (Å²) in [6, 6.07) is 0. The van der Waals surface area contributed by atoms with Gasteiger partial charge >= 0.3 is 156 Å². The molecule has 17 heteroatoms. The van der Waals surface area contributed by atoms with E-state index in [1.54, 1.807) is 0 Å². The minimum atomic E-state index is -0.812. The van der Waals surface area contributed by atoms with Gasteiger partial charge in [0.15, 0.2) is 0 Å². The molecule has 0 saturated carbocycles. The summed E-state index contributed by atoms with van der Waals surface area (Å²) in [7, 11) is 0. The minimum Gasteiger partial charge on any atom is 4.00 e. The summed E-state index contributed by atoms with van der Waals surface area (Å²) in [6.07, 6.45) is 0. The molecule has 0 saturated heterocycles. The normalized spacial score (nSPS) is 6.18. The Balaban J connectivity index is -0.0000000143. The number of rotatable bonds is 0. The van der Waals surface area contributed by atoms with E-state index >= 15 is 0 Å². The average Bonchev–Trinajstić information content (AvgIpc) is 2.09. The first-order valence-electron chi connectivity index (χ1n) is 1.43. The Kier molecular flexibility index (Phi) is 250. The Morgan fingerprint density at radius 2 is 0.471 bits per heavy atom. The smallest absolute Gasteiger partial charge is 4.00 e. The van der Waals surface area contributed by atoms with Gasteiger partial charge in [-0.2, -0.15) is 0 Å². The standard InChI is InChI=1S/5Co.Li.5H2O.5O.Ti/h;;;;;;5*1H2;;;;;;/q;;;;;+1;;;;;;;;;;;+4/p-5. The molecule has 0 aromatic rings. The second kappa shape index (κ2) is 99.3. The van der Waals surface area contributed by atoms with Crippen molar-refractivity contribution in [1.82, 2.24) is 0 Å². The van der Waals surface area contributed by atoms with Crippen molar-refractivity contribution >= 4 is 0 Å². The Bertz CT molecular complexity index is 97.0. The molecular weight excluding hydrogens is 509 g/mol. The maximum absolute atomic E-state index is 8.45. The fourth-order valence-electron chi connectivity index (χ4n) is 0. The summed E-state index contributed by atoms with van der Waals surface area (Å²) in [6.45, 7) is 0. The molecule has 115 valence electrons. The van der Waals surface area contributed by atoms with E-state index in [0.717, 1.165) is 0 Å². The van der Waals surface area contributed by atoms with E-state index in [2.05, 4.69) is 0 Å². The van der Waals surface area contributed by atoms with Crippen molar-refractivity contribution < 1.29 is 156 Å². The van der Waals surface area contributed by atoms with Gasteiger partial charge in [0.25, 0.3) is 0 Å². The van der Waals surface area contributed by atoms with E-state index in [4.69, 9.17) is 40.4 Å². The first-order valence-corrected chi connectivity index (χ1v) is 5.88. The SMILES string of the molecule is [Li+].[O]=[Co-][OH].[O]=[Co-][OH].[O]=[Co-][OH].[O]=[Co-][OH].[O]=[Co-][OH].[Ti+4]. The largest absolute Gasteiger partial charge is 4.00 e. The molecule has 0 aromatic carbocycles. The van der Waals surface area contributed by atoms with Crippen LogP contribution in [0.5, 0.6) is 0 Å². The fourth-order valence-corrected chi connectivity index (χ4v) is 0. The van der Waals surface area contributed by atoms with Gasteiger partial charge in [0, 0.05) is 0 Å². The molecule has 0 amide bonds. The van der Waals surface area contributed by atoms with Crippen LogP contribution in [0.2, 0.25) is 0 Å². The summed E-state index contributed by atoms with van der Waals surface area (Å²) in [5.41, 5.74) is 0. The Morgan fingerprint density at radius 3 is 0.471 bits per heavy atom. The van der Waals surface area contributed by atoms with Gasteiger partial charge < -0.3 is 0 Å². The average molecular weight is 515 g/mol. The van der Waals surface area contributed by atoms with Crippen molar-refractivity contribution in [2.24, 2.45) is 0 Å². The monoisotopic (exact) mass is 515 g/mol. The zero-order valence-electron chi connectivity index (χ0n) is 7.44. The van der Waals surface area contributed by atoms with Crippen LogP contribution in [0.25, 0.3) is 0 Å². The Hall–Kier alpha value is 2.64. The van der Waals surface area contributed by atoms with Crippen LogP contribution < -0.4 is 18.9 Å². The van der Waals surface area contributed by atoms with Crippen LogP contribution in [0.4, 0.5) is 0 Å². The molecule has 0 unspecified atom stereocenters. The van der Waals surface area contributed by atoms with Crippen LogP contribution in [0.1, 0.15) is 0 Å². The molecule has 0 atom stereocenters. The molecule has 0 fully saturated rings. The molecule has 0 aliphatic rings. The second-order valence-electron chi connectivity index (χ2n) is 0.304. The van der Waals surface area contributed by atoms with E-state index in [-0.39, 0.29) is 40.6 Å². The van der Waals surface area contributed by atoms with Crippen LogP contribution in [-0.4, -0.2) is 21.1 Å². The molecule has 0 aliphatic carbocycles. The van der Waals surface area contributed by atoms with Crippen molar-refractivity contribution in [3.05, 3.63) is 0 Å². The molecule has 0 heterocycles. The van der Waals surface area contributed by atoms with Gasteiger partial charge in [-0.3, -0.25) is 0 Å². The van der Waals surface area contributed by atoms with Crippen molar-refractivity contribution in [3.63, 3.8) is 0 Å². The third-order valence-electron chi connectivity index (χ3n) is 0. The third-order valence-corrected chi connectivity index (χ3v) is 0. The van der Waals surface area contributed by atoms with Crippen LogP contribution in [0, 0.1) is 0 Å². The van der Waals surface area contributed by atoms with Crippen LogP contribution in [-0.2, 0) is 116 Å². The molecule has 0 aliphatic heterocycles. The predicted octanol–water partition coefficient (Wildman–Crippen LogP) is -6.39.